The van der Waals surface area contributed by atoms with E-state index in [4.69, 9.17) is 16.1 Å². The summed E-state index contributed by atoms with van der Waals surface area (Å²) in [4.78, 5) is 10.1. The summed E-state index contributed by atoms with van der Waals surface area (Å²) >= 11 is 5.95. The molecule has 1 heterocycles. The largest absolute Gasteiger partial charge is 0.360 e. The molecule has 2 aromatic rings. The van der Waals surface area contributed by atoms with Gasteiger partial charge in [-0.15, -0.1) is 0 Å². The zero-order chi connectivity index (χ0) is 13.0. The van der Waals surface area contributed by atoms with Crippen LogP contribution in [0.15, 0.2) is 35.0 Å². The lowest BCUT2D eigenvalue weighted by molar-refractivity contribution is -0.384. The molecule has 1 N–H and O–H groups in total. The molecule has 0 atom stereocenters. The molecule has 2 rings (SSSR count). The maximum absolute atomic E-state index is 10.5. The van der Waals surface area contributed by atoms with Crippen molar-refractivity contribution in [2.75, 3.05) is 0 Å². The van der Waals surface area contributed by atoms with Crippen molar-refractivity contribution in [3.63, 3.8) is 0 Å². The van der Waals surface area contributed by atoms with Gasteiger partial charge in [-0.2, -0.15) is 0 Å². The Bertz CT molecular complexity index is 542. The molecule has 0 unspecified atom stereocenters. The van der Waals surface area contributed by atoms with Crippen LogP contribution in [0.4, 0.5) is 5.69 Å². The van der Waals surface area contributed by atoms with Crippen molar-refractivity contribution in [2.24, 2.45) is 0 Å². The molecule has 0 aliphatic carbocycles. The Kier molecular flexibility index (Phi) is 3.91. The Morgan fingerprint density at radius 3 is 2.83 bits per heavy atom. The SMILES string of the molecule is O=[N+]([O-])c1ccc(CNCc2ccno2)c(Cl)c1. The minimum Gasteiger partial charge on any atom is -0.360 e. The molecule has 94 valence electrons. The molecule has 1 aromatic carbocycles. The van der Waals surface area contributed by atoms with Crippen molar-refractivity contribution in [1.82, 2.24) is 10.5 Å². The fourth-order valence-electron chi connectivity index (χ4n) is 1.45. The zero-order valence-corrected chi connectivity index (χ0v) is 10.1. The van der Waals surface area contributed by atoms with Crippen molar-refractivity contribution in [3.05, 3.63) is 56.9 Å². The Balaban J connectivity index is 1.95. The fraction of sp³-hybridized carbons (Fsp3) is 0.182. The van der Waals surface area contributed by atoms with Gasteiger partial charge in [-0.3, -0.25) is 10.1 Å². The van der Waals surface area contributed by atoms with Crippen LogP contribution in [0.2, 0.25) is 5.02 Å². The number of nitrogens with one attached hydrogen (secondary N) is 1. The van der Waals surface area contributed by atoms with Crippen molar-refractivity contribution in [1.29, 1.82) is 0 Å². The van der Waals surface area contributed by atoms with E-state index in [9.17, 15) is 10.1 Å². The van der Waals surface area contributed by atoms with E-state index in [0.717, 1.165) is 5.56 Å². The monoisotopic (exact) mass is 267 g/mol. The van der Waals surface area contributed by atoms with Crippen LogP contribution in [-0.4, -0.2) is 10.1 Å². The lowest BCUT2D eigenvalue weighted by Crippen LogP contribution is -2.12. The summed E-state index contributed by atoms with van der Waals surface area (Å²) in [6, 6.07) is 6.16. The van der Waals surface area contributed by atoms with Crippen LogP contribution in [0, 0.1) is 10.1 Å². The summed E-state index contributed by atoms with van der Waals surface area (Å²) in [5.41, 5.74) is 0.778. The van der Waals surface area contributed by atoms with Gasteiger partial charge in [-0.1, -0.05) is 16.8 Å². The number of hydrogen-bond donors (Lipinski definition) is 1. The van der Waals surface area contributed by atoms with Gasteiger partial charge in [0.1, 0.15) is 5.76 Å². The normalized spacial score (nSPS) is 10.5. The first-order valence-corrected chi connectivity index (χ1v) is 5.57. The smallest absolute Gasteiger partial charge is 0.270 e. The molecular weight excluding hydrogens is 258 g/mol. The number of nitro groups is 1. The average molecular weight is 268 g/mol. The number of nitrogens with zero attached hydrogens (tertiary/aromatic N) is 2. The van der Waals surface area contributed by atoms with Gasteiger partial charge in [0.05, 0.1) is 22.7 Å². The first kappa shape index (κ1) is 12.5. The zero-order valence-electron chi connectivity index (χ0n) is 9.30. The van der Waals surface area contributed by atoms with Gasteiger partial charge < -0.3 is 9.84 Å². The molecule has 6 nitrogen and oxygen atoms in total. The van der Waals surface area contributed by atoms with Gasteiger partial charge in [0, 0.05) is 24.7 Å². The summed E-state index contributed by atoms with van der Waals surface area (Å²) in [5.74, 6) is 0.716. The summed E-state index contributed by atoms with van der Waals surface area (Å²) in [6.07, 6.45) is 1.57. The highest BCUT2D eigenvalue weighted by Crippen LogP contribution is 2.22. The molecule has 0 bridgehead atoms. The van der Waals surface area contributed by atoms with Gasteiger partial charge in [-0.05, 0) is 11.6 Å². The maximum Gasteiger partial charge on any atom is 0.270 e. The van der Waals surface area contributed by atoms with E-state index >= 15 is 0 Å². The summed E-state index contributed by atoms with van der Waals surface area (Å²) in [7, 11) is 0. The molecule has 0 aliphatic heterocycles. The lowest BCUT2D eigenvalue weighted by Gasteiger charge is -2.04. The lowest BCUT2D eigenvalue weighted by atomic mass is 10.2. The Labute approximate surface area is 108 Å². The summed E-state index contributed by atoms with van der Waals surface area (Å²) in [5, 5.41) is 17.6. The summed E-state index contributed by atoms with van der Waals surface area (Å²) < 4.78 is 4.92. The fourth-order valence-corrected chi connectivity index (χ4v) is 1.69. The Morgan fingerprint density at radius 2 is 2.22 bits per heavy atom. The molecule has 18 heavy (non-hydrogen) atoms. The second kappa shape index (κ2) is 5.61. The number of nitro benzene ring substituents is 1. The predicted octanol–water partition coefficient (Wildman–Crippen LogP) is 2.53. The van der Waals surface area contributed by atoms with E-state index in [1.165, 1.54) is 12.1 Å². The first-order valence-electron chi connectivity index (χ1n) is 5.20. The van der Waals surface area contributed by atoms with Gasteiger partial charge in [0.2, 0.25) is 0 Å². The van der Waals surface area contributed by atoms with E-state index in [2.05, 4.69) is 10.5 Å². The second-order valence-electron chi connectivity index (χ2n) is 3.62. The second-order valence-corrected chi connectivity index (χ2v) is 4.02. The van der Waals surface area contributed by atoms with Crippen LogP contribution in [0.25, 0.3) is 0 Å². The highest BCUT2D eigenvalue weighted by Gasteiger charge is 2.09. The van der Waals surface area contributed by atoms with Crippen LogP contribution in [0.3, 0.4) is 0 Å². The number of non-ortho nitro benzene ring substituents is 1. The van der Waals surface area contributed by atoms with E-state index < -0.39 is 4.92 Å². The molecule has 0 fully saturated rings. The van der Waals surface area contributed by atoms with Crippen LogP contribution in [-0.2, 0) is 13.1 Å². The topological polar surface area (TPSA) is 81.2 Å². The third-order valence-corrected chi connectivity index (χ3v) is 2.71. The Hall–Kier alpha value is -1.92. The molecule has 0 radical (unpaired) electrons. The number of benzene rings is 1. The maximum atomic E-state index is 10.5. The number of aromatic nitrogens is 1. The van der Waals surface area contributed by atoms with E-state index in [0.29, 0.717) is 23.9 Å². The standard InChI is InChI=1S/C11H10ClN3O3/c12-11-5-9(15(16)17)2-1-8(11)6-13-7-10-3-4-14-18-10/h1-5,13H,6-7H2. The van der Waals surface area contributed by atoms with Crippen LogP contribution in [0.5, 0.6) is 0 Å². The molecule has 0 spiro atoms. The van der Waals surface area contributed by atoms with E-state index in [-0.39, 0.29) is 5.69 Å². The van der Waals surface area contributed by atoms with Crippen molar-refractivity contribution < 1.29 is 9.45 Å². The molecule has 0 aliphatic rings. The number of halogens is 1. The molecule has 1 aromatic heterocycles. The first-order chi connectivity index (χ1) is 8.66. The van der Waals surface area contributed by atoms with Crippen molar-refractivity contribution in [3.8, 4) is 0 Å². The van der Waals surface area contributed by atoms with Crippen molar-refractivity contribution >= 4 is 17.3 Å². The number of rotatable bonds is 5. The van der Waals surface area contributed by atoms with Crippen LogP contribution >= 0.6 is 11.6 Å². The van der Waals surface area contributed by atoms with Crippen LogP contribution < -0.4 is 5.32 Å². The van der Waals surface area contributed by atoms with E-state index in [1.807, 2.05) is 0 Å². The third kappa shape index (κ3) is 3.06. The molecule has 7 heteroatoms. The molecular formula is C11H10ClN3O3. The van der Waals surface area contributed by atoms with Gasteiger partial charge in [-0.25, -0.2) is 0 Å². The van der Waals surface area contributed by atoms with E-state index in [1.54, 1.807) is 18.3 Å². The highest BCUT2D eigenvalue weighted by molar-refractivity contribution is 6.31. The average Bonchev–Trinajstić information content (AvgIpc) is 2.84. The van der Waals surface area contributed by atoms with Gasteiger partial charge in [0.15, 0.2) is 0 Å². The molecule has 0 saturated carbocycles. The molecule has 0 amide bonds. The van der Waals surface area contributed by atoms with Gasteiger partial charge >= 0.3 is 0 Å². The quantitative estimate of drug-likeness (QED) is 0.665. The number of hydrogen-bond acceptors (Lipinski definition) is 5. The minimum absolute atomic E-state index is 0.0148. The highest BCUT2D eigenvalue weighted by atomic mass is 35.5. The van der Waals surface area contributed by atoms with Crippen molar-refractivity contribution in [2.45, 2.75) is 13.1 Å². The minimum atomic E-state index is -0.475. The Morgan fingerprint density at radius 1 is 1.39 bits per heavy atom. The third-order valence-electron chi connectivity index (χ3n) is 2.35. The molecule has 0 saturated heterocycles. The van der Waals surface area contributed by atoms with Crippen LogP contribution in [0.1, 0.15) is 11.3 Å². The summed E-state index contributed by atoms with van der Waals surface area (Å²) in [6.45, 7) is 1.02. The van der Waals surface area contributed by atoms with Gasteiger partial charge in [0.25, 0.3) is 5.69 Å². The predicted molar refractivity (Wildman–Crippen MR) is 65.2 cm³/mol.